The van der Waals surface area contributed by atoms with Gasteiger partial charge in [-0.2, -0.15) is 13.2 Å². The van der Waals surface area contributed by atoms with Gasteiger partial charge in [-0.05, 0) is 69.4 Å². The summed E-state index contributed by atoms with van der Waals surface area (Å²) in [5, 5.41) is 9.12. The highest BCUT2D eigenvalue weighted by atomic mass is 19.4. The summed E-state index contributed by atoms with van der Waals surface area (Å²) < 4.78 is 58.0. The number of likely N-dealkylation sites (N-methyl/N-ethyl adjacent to an activating group) is 2. The minimum Gasteiger partial charge on any atom is -0.393 e. The molecule has 2 aromatic rings. The second-order valence-electron chi connectivity index (χ2n) is 12.8. The molecule has 0 aromatic heterocycles. The lowest BCUT2D eigenvalue weighted by molar-refractivity contribution is -0.0891. The van der Waals surface area contributed by atoms with Gasteiger partial charge in [-0.25, -0.2) is 4.39 Å². The van der Waals surface area contributed by atoms with Crippen molar-refractivity contribution in [2.75, 3.05) is 83.7 Å². The Balaban J connectivity index is 1.69. The molecule has 2 aliphatic rings. The molecule has 4 rings (SSSR count). The summed E-state index contributed by atoms with van der Waals surface area (Å²) in [4.78, 5) is 9.36. The van der Waals surface area contributed by atoms with Gasteiger partial charge >= 0.3 is 6.18 Å². The van der Waals surface area contributed by atoms with Crippen molar-refractivity contribution in [3.05, 3.63) is 96.1 Å². The number of hydrogen-bond donors (Lipinski definition) is 3. The minimum atomic E-state index is -4.64. The molecule has 2 aliphatic heterocycles. The number of hydrogen-bond acceptors (Lipinski definition) is 7. The number of nitrogens with zero attached hydrogens (tertiary/aromatic N) is 4. The van der Waals surface area contributed by atoms with E-state index in [0.29, 0.717) is 23.4 Å². The molecule has 0 bridgehead atoms. The van der Waals surface area contributed by atoms with Gasteiger partial charge in [-0.3, -0.25) is 14.7 Å². The first kappa shape index (κ1) is 37.2. The first-order valence-electron chi connectivity index (χ1n) is 16.6. The van der Waals surface area contributed by atoms with Gasteiger partial charge in [0.2, 0.25) is 0 Å². The number of benzene rings is 2. The highest BCUT2D eigenvalue weighted by Gasteiger charge is 2.37. The van der Waals surface area contributed by atoms with Gasteiger partial charge in [0.1, 0.15) is 5.82 Å². The molecule has 2 fully saturated rings. The standard InChI is InChI=1S/C37H51F4N7/c1-8-9-33(37(39,40)41)32(22-43-6)28(4)44-35-21-30(11-13-36(35)48-23-26(2)45(7)27(3)24-48)31-20-29(10-12-34(31)38)25-47-18-16-46(17-19-47)15-14-42-5/h8-13,20-22,26-27,42-44H,1,4,14-19,23-25H2,2-3,5-7H3/b32-22-,33-9+. The van der Waals surface area contributed by atoms with Crippen molar-refractivity contribution in [3.8, 4) is 11.1 Å². The lowest BCUT2D eigenvalue weighted by Crippen LogP contribution is -2.55. The molecule has 2 atom stereocenters. The minimum absolute atomic E-state index is 0.0477. The number of anilines is 2. The molecule has 0 amide bonds. The summed E-state index contributed by atoms with van der Waals surface area (Å²) in [6.45, 7) is 19.8. The Morgan fingerprint density at radius 3 is 2.25 bits per heavy atom. The van der Waals surface area contributed by atoms with E-state index in [4.69, 9.17) is 0 Å². The predicted molar refractivity (Wildman–Crippen MR) is 191 cm³/mol. The number of nitrogens with one attached hydrogen (secondary N) is 3. The van der Waals surface area contributed by atoms with Crippen LogP contribution in [0, 0.1) is 5.82 Å². The summed E-state index contributed by atoms with van der Waals surface area (Å²) >= 11 is 0. The summed E-state index contributed by atoms with van der Waals surface area (Å²) in [7, 11) is 5.59. The molecule has 0 aliphatic carbocycles. The van der Waals surface area contributed by atoms with Crippen molar-refractivity contribution >= 4 is 11.4 Å². The summed E-state index contributed by atoms with van der Waals surface area (Å²) in [5.74, 6) is -0.362. The van der Waals surface area contributed by atoms with Crippen molar-refractivity contribution in [2.45, 2.75) is 38.7 Å². The van der Waals surface area contributed by atoms with Gasteiger partial charge in [0.25, 0.3) is 0 Å². The van der Waals surface area contributed by atoms with Gasteiger partial charge in [0.15, 0.2) is 0 Å². The molecule has 7 nitrogen and oxygen atoms in total. The monoisotopic (exact) mass is 669 g/mol. The maximum absolute atomic E-state index is 15.5. The third-order valence-electron chi connectivity index (χ3n) is 9.37. The van der Waals surface area contributed by atoms with Crippen LogP contribution in [0.25, 0.3) is 11.1 Å². The maximum Gasteiger partial charge on any atom is 0.417 e. The van der Waals surface area contributed by atoms with E-state index in [1.807, 2.05) is 37.4 Å². The highest BCUT2D eigenvalue weighted by molar-refractivity contribution is 5.81. The maximum atomic E-state index is 15.5. The van der Waals surface area contributed by atoms with Crippen molar-refractivity contribution in [1.29, 1.82) is 0 Å². The van der Waals surface area contributed by atoms with E-state index in [9.17, 15) is 13.2 Å². The number of piperazine rings is 2. The summed E-state index contributed by atoms with van der Waals surface area (Å²) in [6.07, 6.45) is -1.33. The second kappa shape index (κ2) is 16.6. The van der Waals surface area contributed by atoms with E-state index in [0.717, 1.165) is 75.8 Å². The van der Waals surface area contributed by atoms with Crippen LogP contribution in [0.4, 0.5) is 28.9 Å². The Morgan fingerprint density at radius 2 is 1.65 bits per heavy atom. The normalized spacial score (nSPS) is 20.6. The molecule has 262 valence electrons. The zero-order valence-corrected chi connectivity index (χ0v) is 28.9. The van der Waals surface area contributed by atoms with Crippen LogP contribution in [0.1, 0.15) is 19.4 Å². The Labute approximate surface area is 283 Å². The van der Waals surface area contributed by atoms with E-state index in [1.54, 1.807) is 0 Å². The molecular formula is C37H51F4N7. The fourth-order valence-corrected chi connectivity index (χ4v) is 6.43. The molecule has 2 saturated heterocycles. The van der Waals surface area contributed by atoms with Gasteiger partial charge in [-0.1, -0.05) is 31.4 Å². The average molecular weight is 670 g/mol. The van der Waals surface area contributed by atoms with E-state index < -0.39 is 11.7 Å². The Morgan fingerprint density at radius 1 is 0.979 bits per heavy atom. The summed E-state index contributed by atoms with van der Waals surface area (Å²) in [5.41, 5.74) is 2.43. The molecular weight excluding hydrogens is 618 g/mol. The molecule has 0 radical (unpaired) electrons. The Bertz CT molecular complexity index is 1460. The Hall–Kier alpha value is -3.64. The largest absolute Gasteiger partial charge is 0.417 e. The molecule has 0 saturated carbocycles. The zero-order valence-electron chi connectivity index (χ0n) is 28.9. The van der Waals surface area contributed by atoms with Gasteiger partial charge < -0.3 is 20.9 Å². The molecule has 3 N–H and O–H groups in total. The lowest BCUT2D eigenvalue weighted by atomic mass is 9.99. The van der Waals surface area contributed by atoms with E-state index in [2.05, 4.69) is 69.6 Å². The van der Waals surface area contributed by atoms with Crippen LogP contribution in [0.3, 0.4) is 0 Å². The van der Waals surface area contributed by atoms with Crippen LogP contribution in [0.2, 0.25) is 0 Å². The number of allylic oxidation sites excluding steroid dienone is 3. The molecule has 0 spiro atoms. The first-order valence-corrected chi connectivity index (χ1v) is 16.6. The topological polar surface area (TPSA) is 49.1 Å². The van der Waals surface area contributed by atoms with Crippen LogP contribution >= 0.6 is 0 Å². The number of rotatable bonds is 13. The van der Waals surface area contributed by atoms with Crippen molar-refractivity contribution in [3.63, 3.8) is 0 Å². The quantitative estimate of drug-likeness (QED) is 0.177. The lowest BCUT2D eigenvalue weighted by Gasteiger charge is -2.44. The molecule has 48 heavy (non-hydrogen) atoms. The van der Waals surface area contributed by atoms with Crippen LogP contribution < -0.4 is 20.9 Å². The number of alkyl halides is 3. The molecule has 2 heterocycles. The van der Waals surface area contributed by atoms with Gasteiger partial charge in [0.05, 0.1) is 16.9 Å². The average Bonchev–Trinajstić information content (AvgIpc) is 3.05. The van der Waals surface area contributed by atoms with Gasteiger partial charge in [0, 0.05) is 101 Å². The zero-order chi connectivity index (χ0) is 35.0. The third kappa shape index (κ3) is 9.28. The predicted octanol–water partition coefficient (Wildman–Crippen LogP) is 6.06. The fourth-order valence-electron chi connectivity index (χ4n) is 6.43. The van der Waals surface area contributed by atoms with Crippen molar-refractivity contribution in [2.24, 2.45) is 0 Å². The van der Waals surface area contributed by atoms with Gasteiger partial charge in [-0.15, -0.1) is 0 Å². The SMILES string of the molecule is C=C/C=C(\C(=C/NC)C(=C)Nc1cc(-c2cc(CN3CCN(CCNC)CC3)ccc2F)ccc1N1CC(C)N(C)C(C)C1)C(F)(F)F. The highest BCUT2D eigenvalue weighted by Crippen LogP contribution is 2.39. The molecule has 2 aromatic carbocycles. The second-order valence-corrected chi connectivity index (χ2v) is 12.8. The van der Waals surface area contributed by atoms with E-state index in [-0.39, 0.29) is 29.2 Å². The Kier molecular flexibility index (Phi) is 12.9. The van der Waals surface area contributed by atoms with Crippen molar-refractivity contribution in [1.82, 2.24) is 25.3 Å². The van der Waals surface area contributed by atoms with Crippen molar-refractivity contribution < 1.29 is 17.6 Å². The van der Waals surface area contributed by atoms with Crippen LogP contribution in [0.15, 0.2) is 84.8 Å². The van der Waals surface area contributed by atoms with Crippen LogP contribution in [-0.4, -0.2) is 106 Å². The van der Waals surface area contributed by atoms with E-state index in [1.165, 1.54) is 19.3 Å². The smallest absolute Gasteiger partial charge is 0.393 e. The van der Waals surface area contributed by atoms with Crippen LogP contribution in [0.5, 0.6) is 0 Å². The van der Waals surface area contributed by atoms with Crippen LogP contribution in [-0.2, 0) is 6.54 Å². The van der Waals surface area contributed by atoms with E-state index >= 15 is 4.39 Å². The molecule has 11 heteroatoms. The first-order chi connectivity index (χ1) is 22.9. The number of halogens is 4. The summed E-state index contributed by atoms with van der Waals surface area (Å²) in [6, 6.07) is 11.3. The fraction of sp³-hybridized carbons (Fsp3) is 0.459. The third-order valence-corrected chi connectivity index (χ3v) is 9.37. The molecule has 2 unspecified atom stereocenters.